The van der Waals surface area contributed by atoms with Crippen LogP contribution in [-0.2, 0) is 4.74 Å². The lowest BCUT2D eigenvalue weighted by molar-refractivity contribution is -0.384. The van der Waals surface area contributed by atoms with Crippen LogP contribution in [0, 0.1) is 21.8 Å². The number of carbonyl (C=O) groups is 1. The van der Waals surface area contributed by atoms with E-state index in [1.807, 2.05) is 20.8 Å². The minimum atomic E-state index is -0.626. The first-order chi connectivity index (χ1) is 12.0. The lowest BCUT2D eigenvalue weighted by atomic mass is 9.78. The molecule has 0 aliphatic heterocycles. The number of hydrogen-bond donors (Lipinski definition) is 1. The molecule has 1 aliphatic carbocycles. The van der Waals surface area contributed by atoms with E-state index in [0.717, 1.165) is 25.3 Å². The summed E-state index contributed by atoms with van der Waals surface area (Å²) in [5.41, 5.74) is -0.426. The van der Waals surface area contributed by atoms with E-state index in [1.165, 1.54) is 12.1 Å². The molecule has 0 aromatic heterocycles. The maximum Gasteiger partial charge on any atom is 0.410 e. The summed E-state index contributed by atoms with van der Waals surface area (Å²) in [4.78, 5) is 23.9. The van der Waals surface area contributed by atoms with Gasteiger partial charge in [-0.1, -0.05) is 0 Å². The fourth-order valence-corrected chi connectivity index (χ4v) is 2.89. The predicted octanol–water partition coefficient (Wildman–Crippen LogP) is 4.18. The van der Waals surface area contributed by atoms with Gasteiger partial charge in [0, 0.05) is 19.6 Å². The van der Waals surface area contributed by atoms with E-state index in [1.54, 1.807) is 11.9 Å². The van der Waals surface area contributed by atoms with Gasteiger partial charge >= 0.3 is 6.09 Å². The number of ether oxygens (including phenoxy) is 1. The Labute approximate surface area is 152 Å². The van der Waals surface area contributed by atoms with Gasteiger partial charge in [0.15, 0.2) is 0 Å². The maximum atomic E-state index is 13.2. The second-order valence-electron chi connectivity index (χ2n) is 7.79. The van der Waals surface area contributed by atoms with E-state index < -0.39 is 16.3 Å². The van der Waals surface area contributed by atoms with Crippen molar-refractivity contribution in [3.8, 4) is 0 Å². The van der Waals surface area contributed by atoms with E-state index >= 15 is 0 Å². The van der Waals surface area contributed by atoms with E-state index in [2.05, 4.69) is 5.32 Å². The third-order valence-corrected chi connectivity index (χ3v) is 4.33. The Morgan fingerprint density at radius 1 is 1.42 bits per heavy atom. The molecular formula is C18H26FN3O4. The molecule has 0 unspecified atom stereocenters. The van der Waals surface area contributed by atoms with Crippen molar-refractivity contribution in [2.45, 2.75) is 51.7 Å². The largest absolute Gasteiger partial charge is 0.444 e. The number of benzene rings is 1. The average molecular weight is 367 g/mol. The smallest absolute Gasteiger partial charge is 0.410 e. The number of nitro benzene ring substituents is 1. The summed E-state index contributed by atoms with van der Waals surface area (Å²) in [5, 5.41) is 14.1. The summed E-state index contributed by atoms with van der Waals surface area (Å²) >= 11 is 0. The molecule has 0 atom stereocenters. The highest BCUT2D eigenvalue weighted by molar-refractivity contribution is 5.67. The summed E-state index contributed by atoms with van der Waals surface area (Å²) in [5.74, 6) is -0.184. The van der Waals surface area contributed by atoms with Crippen LogP contribution in [0.3, 0.4) is 0 Å². The van der Waals surface area contributed by atoms with E-state index in [0.29, 0.717) is 18.2 Å². The van der Waals surface area contributed by atoms with Crippen molar-refractivity contribution in [1.82, 2.24) is 4.90 Å². The number of halogens is 1. The van der Waals surface area contributed by atoms with E-state index in [4.69, 9.17) is 4.74 Å². The lowest BCUT2D eigenvalue weighted by Gasteiger charge is -2.37. The Balaban J connectivity index is 1.76. The summed E-state index contributed by atoms with van der Waals surface area (Å²) in [6, 6.07) is 3.66. The van der Waals surface area contributed by atoms with Gasteiger partial charge in [-0.3, -0.25) is 10.1 Å². The number of carbonyl (C=O) groups excluding carboxylic acids is 1. The second-order valence-corrected chi connectivity index (χ2v) is 7.79. The number of nitrogens with one attached hydrogen (secondary N) is 1. The van der Waals surface area contributed by atoms with Crippen LogP contribution in [0.4, 0.5) is 20.6 Å². The van der Waals surface area contributed by atoms with Gasteiger partial charge in [0.05, 0.1) is 11.0 Å². The van der Waals surface area contributed by atoms with Crippen LogP contribution in [0.15, 0.2) is 18.2 Å². The molecule has 0 heterocycles. The molecule has 2 rings (SSSR count). The van der Waals surface area contributed by atoms with Gasteiger partial charge in [0.2, 0.25) is 0 Å². The first kappa shape index (κ1) is 19.9. The highest BCUT2D eigenvalue weighted by Gasteiger charge is 2.31. The number of amides is 1. The molecule has 1 fully saturated rings. The highest BCUT2D eigenvalue weighted by atomic mass is 19.1. The van der Waals surface area contributed by atoms with Crippen molar-refractivity contribution < 1.29 is 18.8 Å². The molecule has 7 nitrogen and oxygen atoms in total. The molecule has 144 valence electrons. The molecule has 0 saturated heterocycles. The zero-order chi connectivity index (χ0) is 19.5. The first-order valence-corrected chi connectivity index (χ1v) is 8.70. The van der Waals surface area contributed by atoms with Gasteiger partial charge in [-0.2, -0.15) is 0 Å². The van der Waals surface area contributed by atoms with Crippen LogP contribution in [-0.4, -0.2) is 41.2 Å². The van der Waals surface area contributed by atoms with Crippen LogP contribution in [0.1, 0.15) is 40.0 Å². The molecule has 1 aromatic rings. The van der Waals surface area contributed by atoms with Gasteiger partial charge in [0.25, 0.3) is 5.69 Å². The van der Waals surface area contributed by atoms with Crippen molar-refractivity contribution in [3.05, 3.63) is 34.1 Å². The number of anilines is 1. The van der Waals surface area contributed by atoms with E-state index in [-0.39, 0.29) is 17.8 Å². The molecule has 8 heteroatoms. The summed E-state index contributed by atoms with van der Waals surface area (Å²) in [6.07, 6.45) is 2.22. The van der Waals surface area contributed by atoms with Crippen molar-refractivity contribution in [1.29, 1.82) is 0 Å². The Hall–Kier alpha value is -2.38. The third-order valence-electron chi connectivity index (χ3n) is 4.33. The van der Waals surface area contributed by atoms with Gasteiger partial charge in [-0.25, -0.2) is 9.18 Å². The van der Waals surface area contributed by atoms with Crippen LogP contribution in [0.25, 0.3) is 0 Å². The molecule has 1 saturated carbocycles. The predicted molar refractivity (Wildman–Crippen MR) is 96.7 cm³/mol. The molecule has 1 aromatic carbocycles. The highest BCUT2D eigenvalue weighted by Crippen LogP contribution is 2.35. The average Bonchev–Trinajstić information content (AvgIpc) is 2.48. The Bertz CT molecular complexity index is 669. The molecule has 0 spiro atoms. The molecular weight excluding hydrogens is 341 g/mol. The zero-order valence-electron chi connectivity index (χ0n) is 15.6. The molecule has 1 N–H and O–H groups in total. The third kappa shape index (κ3) is 5.57. The summed E-state index contributed by atoms with van der Waals surface area (Å²) in [7, 11) is 1.71. The topological polar surface area (TPSA) is 84.7 Å². The zero-order valence-corrected chi connectivity index (χ0v) is 15.6. The maximum absolute atomic E-state index is 13.2. The molecule has 1 aliphatic rings. The summed E-state index contributed by atoms with van der Waals surface area (Å²) in [6.45, 7) is 6.09. The van der Waals surface area contributed by atoms with Crippen molar-refractivity contribution in [2.75, 3.05) is 18.9 Å². The quantitative estimate of drug-likeness (QED) is 0.602. The Morgan fingerprint density at radius 3 is 2.65 bits per heavy atom. The van der Waals surface area contributed by atoms with Gasteiger partial charge in [0.1, 0.15) is 17.1 Å². The van der Waals surface area contributed by atoms with Crippen molar-refractivity contribution >= 4 is 17.5 Å². The first-order valence-electron chi connectivity index (χ1n) is 8.70. The number of nitro groups is 1. The van der Waals surface area contributed by atoms with Crippen LogP contribution < -0.4 is 5.32 Å². The molecule has 26 heavy (non-hydrogen) atoms. The lowest BCUT2D eigenvalue weighted by Crippen LogP contribution is -2.39. The van der Waals surface area contributed by atoms with Gasteiger partial charge in [-0.05, 0) is 58.1 Å². The standard InChI is InChI=1S/C18H26FN3O4/c1-18(2,3)26-17(23)21(4)8-7-12-9-14(10-12)20-15-6-5-13(19)11-16(15)22(24)25/h5-6,11-12,14,20H,7-10H2,1-4H3. The number of hydrogen-bond acceptors (Lipinski definition) is 5. The normalized spacial score (nSPS) is 19.4. The van der Waals surface area contributed by atoms with Crippen LogP contribution in [0.5, 0.6) is 0 Å². The molecule has 0 radical (unpaired) electrons. The summed E-state index contributed by atoms with van der Waals surface area (Å²) < 4.78 is 18.5. The van der Waals surface area contributed by atoms with Crippen LogP contribution in [0.2, 0.25) is 0 Å². The molecule has 1 amide bonds. The fourth-order valence-electron chi connectivity index (χ4n) is 2.89. The van der Waals surface area contributed by atoms with Gasteiger partial charge in [-0.15, -0.1) is 0 Å². The number of nitrogens with zero attached hydrogens (tertiary/aromatic N) is 2. The van der Waals surface area contributed by atoms with Crippen LogP contribution >= 0.6 is 0 Å². The monoisotopic (exact) mass is 367 g/mol. The minimum absolute atomic E-state index is 0.121. The fraction of sp³-hybridized carbons (Fsp3) is 0.611. The second kappa shape index (κ2) is 7.88. The van der Waals surface area contributed by atoms with Crippen molar-refractivity contribution in [2.24, 2.45) is 5.92 Å². The van der Waals surface area contributed by atoms with E-state index in [9.17, 15) is 19.3 Å². The Kier molecular flexibility index (Phi) is 6.05. The number of rotatable bonds is 6. The molecule has 0 bridgehead atoms. The minimum Gasteiger partial charge on any atom is -0.444 e. The SMILES string of the molecule is CN(CCC1CC(Nc2ccc(F)cc2[N+](=O)[O-])C1)C(=O)OC(C)(C)C. The van der Waals surface area contributed by atoms with Crippen molar-refractivity contribution in [3.63, 3.8) is 0 Å². The van der Waals surface area contributed by atoms with Gasteiger partial charge < -0.3 is 15.0 Å². The Morgan fingerprint density at radius 2 is 2.08 bits per heavy atom.